The van der Waals surface area contributed by atoms with Crippen molar-refractivity contribution in [1.82, 2.24) is 4.90 Å². The van der Waals surface area contributed by atoms with Crippen LogP contribution < -0.4 is 18.9 Å². The molecule has 28 heavy (non-hydrogen) atoms. The normalized spacial score (nSPS) is 13.5. The number of carbonyl (C=O) groups is 1. The number of hydrogen-bond acceptors (Lipinski definition) is 6. The first-order valence-corrected chi connectivity index (χ1v) is 10.1. The highest BCUT2D eigenvalue weighted by Gasteiger charge is 2.26. The van der Waals surface area contributed by atoms with Gasteiger partial charge in [0.2, 0.25) is 0 Å². The summed E-state index contributed by atoms with van der Waals surface area (Å²) in [7, 11) is 0.288. The molecule has 0 unspecified atom stereocenters. The first-order valence-electron chi connectivity index (χ1n) is 8.61. The van der Waals surface area contributed by atoms with E-state index in [4.69, 9.17) is 14.2 Å². The van der Waals surface area contributed by atoms with Crippen LogP contribution in [-0.2, 0) is 10.0 Å². The molecule has 0 aromatic heterocycles. The number of nitrogens with zero attached hydrogens (tertiary/aromatic N) is 1. The molecule has 1 saturated heterocycles. The quantitative estimate of drug-likeness (QED) is 0.759. The Hall–Kier alpha value is -2.94. The molecule has 1 amide bonds. The summed E-state index contributed by atoms with van der Waals surface area (Å²) >= 11 is 0. The number of likely N-dealkylation sites (tertiary alicyclic amines) is 1. The summed E-state index contributed by atoms with van der Waals surface area (Å²) in [6.07, 6.45) is 0.951. The van der Waals surface area contributed by atoms with Gasteiger partial charge in [0.1, 0.15) is 22.1 Å². The first kappa shape index (κ1) is 19.8. The monoisotopic (exact) mass is 406 g/mol. The molecule has 2 aromatic rings. The van der Waals surface area contributed by atoms with Crippen molar-refractivity contribution < 1.29 is 27.4 Å². The second kappa shape index (κ2) is 7.97. The van der Waals surface area contributed by atoms with Gasteiger partial charge in [-0.3, -0.25) is 9.52 Å². The number of sulfonamides is 1. The zero-order chi connectivity index (χ0) is 20.3. The minimum Gasteiger partial charge on any atom is -0.497 e. The van der Waals surface area contributed by atoms with Crippen molar-refractivity contribution in [2.75, 3.05) is 39.1 Å². The second-order valence-electron chi connectivity index (χ2n) is 6.22. The van der Waals surface area contributed by atoms with Crippen LogP contribution in [0.5, 0.6) is 17.2 Å². The van der Waals surface area contributed by atoms with Crippen LogP contribution >= 0.6 is 0 Å². The minimum absolute atomic E-state index is 0.122. The molecule has 9 heteroatoms. The topological polar surface area (TPSA) is 94.2 Å². The molecule has 3 rings (SSSR count). The second-order valence-corrected chi connectivity index (χ2v) is 7.87. The van der Waals surface area contributed by atoms with Crippen LogP contribution in [0.3, 0.4) is 0 Å². The summed E-state index contributed by atoms with van der Waals surface area (Å²) in [5.74, 6) is 0.812. The van der Waals surface area contributed by atoms with E-state index in [2.05, 4.69) is 4.72 Å². The summed E-state index contributed by atoms with van der Waals surface area (Å²) in [6, 6.07) is 9.06. The fourth-order valence-corrected chi connectivity index (χ4v) is 4.03. The Bertz CT molecular complexity index is 964. The van der Waals surface area contributed by atoms with E-state index in [1.165, 1.54) is 45.6 Å². The van der Waals surface area contributed by atoms with Gasteiger partial charge in [-0.1, -0.05) is 0 Å². The molecular formula is C19H22N2O6S. The van der Waals surface area contributed by atoms with E-state index in [1.807, 2.05) is 0 Å². The van der Waals surface area contributed by atoms with Gasteiger partial charge in [-0.2, -0.15) is 0 Å². The molecular weight excluding hydrogens is 384 g/mol. The van der Waals surface area contributed by atoms with Crippen LogP contribution in [0.2, 0.25) is 0 Å². The number of amides is 1. The van der Waals surface area contributed by atoms with Crippen molar-refractivity contribution in [3.8, 4) is 17.2 Å². The Kier molecular flexibility index (Phi) is 5.64. The number of methoxy groups -OCH3 is 3. The van der Waals surface area contributed by atoms with Crippen LogP contribution in [0.25, 0.3) is 0 Å². The molecule has 0 bridgehead atoms. The van der Waals surface area contributed by atoms with Crippen molar-refractivity contribution in [2.45, 2.75) is 11.3 Å². The Morgan fingerprint density at radius 1 is 0.964 bits per heavy atom. The van der Waals surface area contributed by atoms with Crippen LogP contribution in [0.15, 0.2) is 41.3 Å². The molecule has 1 heterocycles. The lowest BCUT2D eigenvalue weighted by molar-refractivity contribution is 0.0651. The summed E-state index contributed by atoms with van der Waals surface area (Å²) < 4.78 is 44.0. The maximum absolute atomic E-state index is 13.0. The smallest absolute Gasteiger partial charge is 0.265 e. The van der Waals surface area contributed by atoms with Crippen molar-refractivity contribution in [2.24, 2.45) is 0 Å². The largest absolute Gasteiger partial charge is 0.497 e. The van der Waals surface area contributed by atoms with E-state index in [0.29, 0.717) is 30.2 Å². The molecule has 1 aliphatic heterocycles. The summed E-state index contributed by atoms with van der Waals surface area (Å²) in [5.41, 5.74) is 0.557. The molecule has 0 saturated carbocycles. The molecule has 1 fully saturated rings. The predicted octanol–water partition coefficient (Wildman–Crippen LogP) is 2.36. The fraction of sp³-hybridized carbons (Fsp3) is 0.316. The van der Waals surface area contributed by atoms with Gasteiger partial charge in [-0.15, -0.1) is 0 Å². The van der Waals surface area contributed by atoms with Gasteiger partial charge in [0.15, 0.2) is 0 Å². The highest BCUT2D eigenvalue weighted by molar-refractivity contribution is 7.92. The highest BCUT2D eigenvalue weighted by Crippen LogP contribution is 2.31. The molecule has 8 nitrogen and oxygen atoms in total. The standard InChI is InChI=1S/C19H22N2O6S/c1-25-15-10-14(11-16(12-15)26-2)20-28(23,24)18-9-13(5-6-17(18)27-3)19(22)21-7-4-8-21/h5-6,9-12,20H,4,7-8H2,1-3H3. The minimum atomic E-state index is -4.03. The maximum atomic E-state index is 13.0. The summed E-state index contributed by atoms with van der Waals surface area (Å²) in [6.45, 7) is 1.35. The molecule has 150 valence electrons. The lowest BCUT2D eigenvalue weighted by Gasteiger charge is -2.31. The van der Waals surface area contributed by atoms with Gasteiger partial charge in [0.25, 0.3) is 15.9 Å². The van der Waals surface area contributed by atoms with E-state index in [-0.39, 0.29) is 22.2 Å². The zero-order valence-corrected chi connectivity index (χ0v) is 16.7. The van der Waals surface area contributed by atoms with E-state index < -0.39 is 10.0 Å². The van der Waals surface area contributed by atoms with Gasteiger partial charge in [-0.25, -0.2) is 8.42 Å². The zero-order valence-electron chi connectivity index (χ0n) is 15.9. The van der Waals surface area contributed by atoms with E-state index in [0.717, 1.165) is 6.42 Å². The lowest BCUT2D eigenvalue weighted by Crippen LogP contribution is -2.42. The third kappa shape index (κ3) is 3.99. The fourth-order valence-electron chi connectivity index (χ4n) is 2.80. The summed E-state index contributed by atoms with van der Waals surface area (Å²) in [4.78, 5) is 14.0. The predicted molar refractivity (Wildman–Crippen MR) is 104 cm³/mol. The van der Waals surface area contributed by atoms with Gasteiger partial charge in [0, 0.05) is 36.9 Å². The molecule has 0 radical (unpaired) electrons. The number of benzene rings is 2. The van der Waals surface area contributed by atoms with Crippen molar-refractivity contribution in [3.63, 3.8) is 0 Å². The van der Waals surface area contributed by atoms with Gasteiger partial charge < -0.3 is 19.1 Å². The molecule has 0 aliphatic carbocycles. The number of hydrogen-bond donors (Lipinski definition) is 1. The maximum Gasteiger partial charge on any atom is 0.265 e. The third-order valence-electron chi connectivity index (χ3n) is 4.45. The van der Waals surface area contributed by atoms with Crippen LogP contribution in [0.1, 0.15) is 16.8 Å². The third-order valence-corrected chi connectivity index (χ3v) is 5.85. The average molecular weight is 406 g/mol. The number of ether oxygens (including phenoxy) is 3. The Morgan fingerprint density at radius 2 is 1.61 bits per heavy atom. The average Bonchev–Trinajstić information content (AvgIpc) is 2.65. The lowest BCUT2D eigenvalue weighted by atomic mass is 10.1. The molecule has 2 aromatic carbocycles. The molecule has 1 N–H and O–H groups in total. The van der Waals surface area contributed by atoms with Gasteiger partial charge in [0.05, 0.1) is 27.0 Å². The van der Waals surface area contributed by atoms with Crippen LogP contribution in [-0.4, -0.2) is 53.6 Å². The molecule has 0 atom stereocenters. The number of anilines is 1. The van der Waals surface area contributed by atoms with Crippen molar-refractivity contribution in [3.05, 3.63) is 42.0 Å². The van der Waals surface area contributed by atoms with Crippen molar-refractivity contribution >= 4 is 21.6 Å². The first-order chi connectivity index (χ1) is 13.4. The van der Waals surface area contributed by atoms with E-state index in [9.17, 15) is 13.2 Å². The Balaban J connectivity index is 1.97. The molecule has 1 aliphatic rings. The van der Waals surface area contributed by atoms with Crippen molar-refractivity contribution in [1.29, 1.82) is 0 Å². The number of nitrogens with one attached hydrogen (secondary N) is 1. The SMILES string of the molecule is COc1cc(NS(=O)(=O)c2cc(C(=O)N3CCC3)ccc2OC)cc(OC)c1. The van der Waals surface area contributed by atoms with E-state index in [1.54, 1.807) is 17.0 Å². The Morgan fingerprint density at radius 3 is 2.11 bits per heavy atom. The summed E-state index contributed by atoms with van der Waals surface area (Å²) in [5, 5.41) is 0. The van der Waals surface area contributed by atoms with Crippen LogP contribution in [0.4, 0.5) is 5.69 Å². The van der Waals surface area contributed by atoms with Gasteiger partial charge in [-0.05, 0) is 24.6 Å². The number of carbonyl (C=O) groups excluding carboxylic acids is 1. The Labute approximate surface area is 164 Å². The highest BCUT2D eigenvalue weighted by atomic mass is 32.2. The van der Waals surface area contributed by atoms with E-state index >= 15 is 0 Å². The number of rotatable bonds is 7. The molecule has 0 spiro atoms. The van der Waals surface area contributed by atoms with Gasteiger partial charge >= 0.3 is 0 Å². The van der Waals surface area contributed by atoms with Crippen LogP contribution in [0, 0.1) is 0 Å².